The SMILES string of the molecule is Cc1cccc(C2/C(=C(/O)c3cccc(OC(C)C)c3)C(=O)C(=O)N2Cc2ccccn2)c1. The van der Waals surface area contributed by atoms with Crippen molar-refractivity contribution in [3.8, 4) is 5.75 Å². The molecule has 6 heteroatoms. The number of aromatic nitrogens is 1. The molecule has 2 heterocycles. The molecule has 0 bridgehead atoms. The summed E-state index contributed by atoms with van der Waals surface area (Å²) in [6.07, 6.45) is 1.60. The molecule has 1 N–H and O–H groups in total. The fraction of sp³-hybridized carbons (Fsp3) is 0.222. The summed E-state index contributed by atoms with van der Waals surface area (Å²) >= 11 is 0. The Morgan fingerprint density at radius 3 is 2.55 bits per heavy atom. The van der Waals surface area contributed by atoms with Gasteiger partial charge in [0.05, 0.1) is 30.0 Å². The molecule has 33 heavy (non-hydrogen) atoms. The van der Waals surface area contributed by atoms with Crippen LogP contribution in [0.4, 0.5) is 0 Å². The van der Waals surface area contributed by atoms with Crippen LogP contribution in [0.15, 0.2) is 78.5 Å². The zero-order chi connectivity index (χ0) is 23.5. The van der Waals surface area contributed by atoms with Gasteiger partial charge in [0.15, 0.2) is 0 Å². The number of nitrogens with zero attached hydrogens (tertiary/aromatic N) is 2. The molecule has 1 amide bonds. The Hall–Kier alpha value is -3.93. The molecule has 0 saturated carbocycles. The quantitative estimate of drug-likeness (QED) is 0.337. The second-order valence-corrected chi connectivity index (χ2v) is 8.36. The number of pyridine rings is 1. The van der Waals surface area contributed by atoms with Crippen LogP contribution >= 0.6 is 0 Å². The van der Waals surface area contributed by atoms with Gasteiger partial charge in [-0.25, -0.2) is 0 Å². The van der Waals surface area contributed by atoms with Crippen LogP contribution in [0.1, 0.15) is 42.3 Å². The summed E-state index contributed by atoms with van der Waals surface area (Å²) in [6, 6.07) is 19.2. The van der Waals surface area contributed by atoms with Gasteiger partial charge in [0, 0.05) is 11.8 Å². The third-order valence-electron chi connectivity index (χ3n) is 5.44. The molecule has 1 aliphatic heterocycles. The molecule has 1 atom stereocenters. The van der Waals surface area contributed by atoms with Crippen molar-refractivity contribution in [1.82, 2.24) is 9.88 Å². The van der Waals surface area contributed by atoms with E-state index in [0.717, 1.165) is 11.1 Å². The van der Waals surface area contributed by atoms with Gasteiger partial charge in [0.25, 0.3) is 11.7 Å². The predicted octanol–water partition coefficient (Wildman–Crippen LogP) is 4.80. The van der Waals surface area contributed by atoms with Crippen molar-refractivity contribution in [2.75, 3.05) is 0 Å². The van der Waals surface area contributed by atoms with Crippen molar-refractivity contribution >= 4 is 17.4 Å². The van der Waals surface area contributed by atoms with Crippen molar-refractivity contribution in [3.05, 3.63) is 101 Å². The van der Waals surface area contributed by atoms with Crippen LogP contribution in [0.5, 0.6) is 5.75 Å². The minimum Gasteiger partial charge on any atom is -0.507 e. The van der Waals surface area contributed by atoms with Crippen LogP contribution in [0.25, 0.3) is 5.76 Å². The first-order valence-corrected chi connectivity index (χ1v) is 10.9. The van der Waals surface area contributed by atoms with E-state index in [4.69, 9.17) is 4.74 Å². The lowest BCUT2D eigenvalue weighted by atomic mass is 9.94. The molecule has 1 aromatic heterocycles. The van der Waals surface area contributed by atoms with Crippen LogP contribution < -0.4 is 4.74 Å². The fourth-order valence-electron chi connectivity index (χ4n) is 4.04. The number of hydrogen-bond donors (Lipinski definition) is 1. The maximum atomic E-state index is 13.2. The predicted molar refractivity (Wildman–Crippen MR) is 125 cm³/mol. The Morgan fingerprint density at radius 2 is 1.85 bits per heavy atom. The highest BCUT2D eigenvalue weighted by Gasteiger charge is 2.46. The first kappa shape index (κ1) is 22.3. The molecule has 168 valence electrons. The number of hydrogen-bond acceptors (Lipinski definition) is 5. The minimum atomic E-state index is -0.735. The second-order valence-electron chi connectivity index (χ2n) is 8.36. The lowest BCUT2D eigenvalue weighted by Crippen LogP contribution is -2.29. The number of likely N-dealkylation sites (tertiary alicyclic amines) is 1. The molecule has 4 rings (SSSR count). The molecule has 2 aromatic carbocycles. The third-order valence-corrected chi connectivity index (χ3v) is 5.44. The van der Waals surface area contributed by atoms with Crippen LogP contribution in [-0.2, 0) is 16.1 Å². The third kappa shape index (κ3) is 4.65. The Balaban J connectivity index is 1.84. The summed E-state index contributed by atoms with van der Waals surface area (Å²) in [5.74, 6) is -1.03. The Kier molecular flexibility index (Phi) is 6.27. The molecule has 0 aliphatic carbocycles. The topological polar surface area (TPSA) is 79.7 Å². The molecule has 1 fully saturated rings. The van der Waals surface area contributed by atoms with E-state index in [1.165, 1.54) is 4.90 Å². The van der Waals surface area contributed by atoms with E-state index < -0.39 is 17.7 Å². The fourth-order valence-corrected chi connectivity index (χ4v) is 4.04. The Morgan fingerprint density at radius 1 is 1.06 bits per heavy atom. The van der Waals surface area contributed by atoms with E-state index in [-0.39, 0.29) is 24.0 Å². The summed E-state index contributed by atoms with van der Waals surface area (Å²) < 4.78 is 5.74. The molecule has 0 radical (unpaired) electrons. The number of ether oxygens (including phenoxy) is 1. The number of Topliss-reactive ketones (excluding diaryl/α,β-unsaturated/α-hetero) is 1. The van der Waals surface area contributed by atoms with E-state index >= 15 is 0 Å². The lowest BCUT2D eigenvalue weighted by molar-refractivity contribution is -0.140. The summed E-state index contributed by atoms with van der Waals surface area (Å²) in [6.45, 7) is 5.92. The first-order valence-electron chi connectivity index (χ1n) is 10.9. The molecular formula is C27H26N2O4. The number of ketones is 1. The van der Waals surface area contributed by atoms with E-state index in [1.54, 1.807) is 42.6 Å². The summed E-state index contributed by atoms with van der Waals surface area (Å²) in [5.41, 5.74) is 2.87. The molecule has 1 unspecified atom stereocenters. The van der Waals surface area contributed by atoms with E-state index in [0.29, 0.717) is 17.0 Å². The lowest BCUT2D eigenvalue weighted by Gasteiger charge is -2.25. The zero-order valence-corrected chi connectivity index (χ0v) is 18.9. The van der Waals surface area contributed by atoms with Gasteiger partial charge in [-0.2, -0.15) is 0 Å². The van der Waals surface area contributed by atoms with Gasteiger partial charge in [0.2, 0.25) is 0 Å². The number of benzene rings is 2. The highest BCUT2D eigenvalue weighted by atomic mass is 16.5. The number of aliphatic hydroxyl groups excluding tert-OH is 1. The van der Waals surface area contributed by atoms with E-state index in [1.807, 2.05) is 51.1 Å². The van der Waals surface area contributed by atoms with E-state index in [9.17, 15) is 14.7 Å². The maximum Gasteiger partial charge on any atom is 0.296 e. The second kappa shape index (κ2) is 9.28. The van der Waals surface area contributed by atoms with Crippen molar-refractivity contribution in [2.45, 2.75) is 39.5 Å². The number of carbonyl (C=O) groups is 2. The van der Waals surface area contributed by atoms with Gasteiger partial charge in [-0.15, -0.1) is 0 Å². The van der Waals surface area contributed by atoms with Gasteiger partial charge in [-0.05, 0) is 50.6 Å². The highest BCUT2D eigenvalue weighted by Crippen LogP contribution is 2.40. The Bertz CT molecular complexity index is 1220. The normalized spacial score (nSPS) is 17.6. The smallest absolute Gasteiger partial charge is 0.296 e. The highest BCUT2D eigenvalue weighted by molar-refractivity contribution is 6.46. The molecule has 6 nitrogen and oxygen atoms in total. The average molecular weight is 443 g/mol. The van der Waals surface area contributed by atoms with Gasteiger partial charge in [-0.3, -0.25) is 14.6 Å². The monoisotopic (exact) mass is 442 g/mol. The van der Waals surface area contributed by atoms with Crippen LogP contribution in [-0.4, -0.2) is 32.8 Å². The molecule has 3 aromatic rings. The largest absolute Gasteiger partial charge is 0.507 e. The van der Waals surface area contributed by atoms with Crippen molar-refractivity contribution < 1.29 is 19.4 Å². The standard InChI is InChI=1S/C27H26N2O4/c1-17(2)33-22-12-7-10-20(15-22)25(30)23-24(19-9-6-8-18(3)14-19)29(27(32)26(23)31)16-21-11-4-5-13-28-21/h4-15,17,24,30H,16H2,1-3H3/b25-23-. The van der Waals surface area contributed by atoms with Crippen molar-refractivity contribution in [2.24, 2.45) is 0 Å². The van der Waals surface area contributed by atoms with Crippen molar-refractivity contribution in [3.63, 3.8) is 0 Å². The number of carbonyl (C=O) groups excluding carboxylic acids is 2. The summed E-state index contributed by atoms with van der Waals surface area (Å²) in [4.78, 5) is 32.1. The Labute approximate surface area is 193 Å². The molecular weight excluding hydrogens is 416 g/mol. The zero-order valence-electron chi connectivity index (χ0n) is 18.9. The molecule has 1 aliphatic rings. The number of amides is 1. The van der Waals surface area contributed by atoms with Gasteiger partial charge >= 0.3 is 0 Å². The minimum absolute atomic E-state index is 0.0429. The van der Waals surface area contributed by atoms with Crippen LogP contribution in [0.3, 0.4) is 0 Å². The number of rotatable bonds is 6. The maximum absolute atomic E-state index is 13.2. The molecule has 1 saturated heterocycles. The van der Waals surface area contributed by atoms with Crippen molar-refractivity contribution in [1.29, 1.82) is 0 Å². The van der Waals surface area contributed by atoms with Crippen LogP contribution in [0.2, 0.25) is 0 Å². The summed E-state index contributed by atoms with van der Waals surface area (Å²) in [7, 11) is 0. The number of aryl methyl sites for hydroxylation is 1. The van der Waals surface area contributed by atoms with Crippen LogP contribution in [0, 0.1) is 6.92 Å². The summed E-state index contributed by atoms with van der Waals surface area (Å²) in [5, 5.41) is 11.3. The van der Waals surface area contributed by atoms with Gasteiger partial charge in [0.1, 0.15) is 11.5 Å². The van der Waals surface area contributed by atoms with Gasteiger partial charge in [-0.1, -0.05) is 48.0 Å². The molecule has 0 spiro atoms. The number of aliphatic hydroxyl groups is 1. The van der Waals surface area contributed by atoms with E-state index in [2.05, 4.69) is 4.98 Å². The van der Waals surface area contributed by atoms with Gasteiger partial charge < -0.3 is 14.7 Å². The first-order chi connectivity index (χ1) is 15.8. The average Bonchev–Trinajstić information content (AvgIpc) is 3.04.